The third-order valence-corrected chi connectivity index (χ3v) is 4.62. The molecular weight excluding hydrogens is 232 g/mol. The van der Waals surface area contributed by atoms with Gasteiger partial charge >= 0.3 is 0 Å². The van der Waals surface area contributed by atoms with Gasteiger partial charge in [0.1, 0.15) is 0 Å². The number of nitrogens with zero attached hydrogens (tertiary/aromatic N) is 1. The van der Waals surface area contributed by atoms with Gasteiger partial charge in [0.05, 0.1) is 0 Å². The first-order valence-electron chi connectivity index (χ1n) is 7.72. The highest BCUT2D eigenvalue weighted by atomic mass is 15.1. The Labute approximate surface area is 118 Å². The van der Waals surface area contributed by atoms with E-state index in [2.05, 4.69) is 43.1 Å². The second-order valence-corrected chi connectivity index (χ2v) is 5.96. The van der Waals surface area contributed by atoms with Gasteiger partial charge < -0.3 is 5.73 Å². The van der Waals surface area contributed by atoms with Gasteiger partial charge in [0.15, 0.2) is 0 Å². The van der Waals surface area contributed by atoms with Crippen LogP contribution >= 0.6 is 0 Å². The Hall–Kier alpha value is -0.860. The molecule has 0 heterocycles. The fourth-order valence-electron chi connectivity index (χ4n) is 3.50. The highest BCUT2D eigenvalue weighted by Crippen LogP contribution is 2.30. The predicted molar refractivity (Wildman–Crippen MR) is 81.8 cm³/mol. The van der Waals surface area contributed by atoms with E-state index in [1.807, 2.05) is 0 Å². The van der Waals surface area contributed by atoms with Crippen LogP contribution in [0.5, 0.6) is 0 Å². The first-order valence-corrected chi connectivity index (χ1v) is 7.72. The van der Waals surface area contributed by atoms with E-state index in [1.165, 1.54) is 43.2 Å². The summed E-state index contributed by atoms with van der Waals surface area (Å²) >= 11 is 0. The van der Waals surface area contributed by atoms with Crippen molar-refractivity contribution in [3.8, 4) is 0 Å². The van der Waals surface area contributed by atoms with E-state index in [1.54, 1.807) is 0 Å². The molecule has 0 spiro atoms. The summed E-state index contributed by atoms with van der Waals surface area (Å²) in [5.74, 6) is 0.886. The second kappa shape index (κ2) is 7.06. The summed E-state index contributed by atoms with van der Waals surface area (Å²) in [6.45, 7) is 4.03. The van der Waals surface area contributed by atoms with Crippen LogP contribution in [-0.4, -0.2) is 18.0 Å². The number of rotatable bonds is 5. The molecule has 2 unspecified atom stereocenters. The molecule has 2 nitrogen and oxygen atoms in total. The van der Waals surface area contributed by atoms with Crippen LogP contribution in [0.4, 0.5) is 0 Å². The minimum atomic E-state index is 0.637. The summed E-state index contributed by atoms with van der Waals surface area (Å²) in [5, 5.41) is 0. The minimum absolute atomic E-state index is 0.637. The first kappa shape index (κ1) is 14.5. The van der Waals surface area contributed by atoms with Crippen LogP contribution in [0.15, 0.2) is 24.3 Å². The fraction of sp³-hybridized carbons (Fsp3) is 0.647. The molecule has 0 saturated heterocycles. The molecule has 0 aromatic heterocycles. The Morgan fingerprint density at radius 3 is 2.68 bits per heavy atom. The van der Waals surface area contributed by atoms with E-state index in [9.17, 15) is 0 Å². The number of nitrogens with two attached hydrogens (primary N) is 1. The van der Waals surface area contributed by atoms with Crippen LogP contribution < -0.4 is 5.73 Å². The lowest BCUT2D eigenvalue weighted by molar-refractivity contribution is 0.120. The molecule has 1 fully saturated rings. The van der Waals surface area contributed by atoms with Gasteiger partial charge in [-0.25, -0.2) is 0 Å². The van der Waals surface area contributed by atoms with Gasteiger partial charge in [0.25, 0.3) is 0 Å². The largest absolute Gasteiger partial charge is 0.326 e. The molecule has 106 valence electrons. The first-order chi connectivity index (χ1) is 9.24. The third kappa shape index (κ3) is 3.80. The van der Waals surface area contributed by atoms with Gasteiger partial charge in [-0.2, -0.15) is 0 Å². The van der Waals surface area contributed by atoms with Gasteiger partial charge in [-0.05, 0) is 36.9 Å². The molecule has 2 N–H and O–H groups in total. The Kier molecular flexibility index (Phi) is 5.41. The molecule has 1 aromatic carbocycles. The van der Waals surface area contributed by atoms with E-state index in [4.69, 9.17) is 5.73 Å². The Morgan fingerprint density at radius 1 is 1.21 bits per heavy atom. The number of hydrogen-bond donors (Lipinski definition) is 1. The fourth-order valence-corrected chi connectivity index (χ4v) is 3.50. The van der Waals surface area contributed by atoms with Crippen molar-refractivity contribution in [1.82, 2.24) is 4.90 Å². The zero-order valence-electron chi connectivity index (χ0n) is 12.4. The van der Waals surface area contributed by atoms with Crippen molar-refractivity contribution in [1.29, 1.82) is 0 Å². The Morgan fingerprint density at radius 2 is 1.95 bits per heavy atom. The van der Waals surface area contributed by atoms with Crippen LogP contribution in [0.1, 0.15) is 50.2 Å². The van der Waals surface area contributed by atoms with Crippen LogP contribution in [0, 0.1) is 5.92 Å². The van der Waals surface area contributed by atoms with Crippen molar-refractivity contribution in [2.24, 2.45) is 11.7 Å². The monoisotopic (exact) mass is 260 g/mol. The van der Waals surface area contributed by atoms with Crippen molar-refractivity contribution in [3.05, 3.63) is 35.4 Å². The number of benzene rings is 1. The summed E-state index contributed by atoms with van der Waals surface area (Å²) in [6, 6.07) is 9.47. The average molecular weight is 260 g/mol. The molecule has 0 aliphatic heterocycles. The maximum atomic E-state index is 5.72. The maximum absolute atomic E-state index is 5.72. The van der Waals surface area contributed by atoms with E-state index in [-0.39, 0.29) is 0 Å². The molecule has 1 aliphatic rings. The molecule has 2 heteroatoms. The van der Waals surface area contributed by atoms with E-state index >= 15 is 0 Å². The summed E-state index contributed by atoms with van der Waals surface area (Å²) in [4.78, 5) is 2.56. The highest BCUT2D eigenvalue weighted by Gasteiger charge is 2.26. The molecule has 0 amide bonds. The van der Waals surface area contributed by atoms with Crippen molar-refractivity contribution in [3.63, 3.8) is 0 Å². The molecule has 1 aliphatic carbocycles. The lowest BCUT2D eigenvalue weighted by Crippen LogP contribution is -2.39. The molecule has 0 radical (unpaired) electrons. The van der Waals surface area contributed by atoms with E-state index in [0.717, 1.165) is 18.5 Å². The van der Waals surface area contributed by atoms with E-state index in [0.29, 0.717) is 6.54 Å². The van der Waals surface area contributed by atoms with Gasteiger partial charge in [0, 0.05) is 19.1 Å². The minimum Gasteiger partial charge on any atom is -0.326 e. The highest BCUT2D eigenvalue weighted by molar-refractivity contribution is 5.23. The molecular formula is C17H28N2. The summed E-state index contributed by atoms with van der Waals surface area (Å²) in [6.07, 6.45) is 6.91. The second-order valence-electron chi connectivity index (χ2n) is 5.96. The topological polar surface area (TPSA) is 29.3 Å². The van der Waals surface area contributed by atoms with Gasteiger partial charge in [-0.3, -0.25) is 4.90 Å². The van der Waals surface area contributed by atoms with Crippen molar-refractivity contribution < 1.29 is 0 Å². The zero-order valence-corrected chi connectivity index (χ0v) is 12.4. The smallest absolute Gasteiger partial charge is 0.0233 e. The molecule has 2 rings (SSSR count). The summed E-state index contributed by atoms with van der Waals surface area (Å²) in [7, 11) is 2.29. The van der Waals surface area contributed by atoms with Crippen LogP contribution in [0.25, 0.3) is 0 Å². The van der Waals surface area contributed by atoms with E-state index < -0.39 is 0 Å². The van der Waals surface area contributed by atoms with Crippen molar-refractivity contribution in [2.75, 3.05) is 7.05 Å². The van der Waals surface area contributed by atoms with Crippen LogP contribution in [0.3, 0.4) is 0 Å². The lowest BCUT2D eigenvalue weighted by atomic mass is 9.82. The van der Waals surface area contributed by atoms with Crippen molar-refractivity contribution >= 4 is 0 Å². The Bertz CT molecular complexity index is 389. The standard InChI is InChI=1S/C17H28N2/c1-3-16-9-4-5-10-17(16)19(2)13-15-8-6-7-14(11-15)12-18/h6-8,11,16-17H,3-5,9-10,12-13,18H2,1-2H3. The quantitative estimate of drug-likeness (QED) is 0.877. The van der Waals surface area contributed by atoms with Crippen LogP contribution in [-0.2, 0) is 13.1 Å². The number of hydrogen-bond acceptors (Lipinski definition) is 2. The summed E-state index contributed by atoms with van der Waals surface area (Å²) < 4.78 is 0. The average Bonchev–Trinajstić information content (AvgIpc) is 2.47. The Balaban J connectivity index is 2.00. The van der Waals surface area contributed by atoms with Crippen LogP contribution in [0.2, 0.25) is 0 Å². The lowest BCUT2D eigenvalue weighted by Gasteiger charge is -2.37. The molecule has 1 saturated carbocycles. The van der Waals surface area contributed by atoms with Gasteiger partial charge in [-0.15, -0.1) is 0 Å². The normalized spacial score (nSPS) is 23.8. The van der Waals surface area contributed by atoms with Gasteiger partial charge in [-0.1, -0.05) is 50.5 Å². The predicted octanol–water partition coefficient (Wildman–Crippen LogP) is 3.55. The molecule has 19 heavy (non-hydrogen) atoms. The molecule has 0 bridgehead atoms. The summed E-state index contributed by atoms with van der Waals surface area (Å²) in [5.41, 5.74) is 8.35. The zero-order chi connectivity index (χ0) is 13.7. The van der Waals surface area contributed by atoms with Gasteiger partial charge in [0.2, 0.25) is 0 Å². The molecule has 1 aromatic rings. The molecule has 2 atom stereocenters. The van der Waals surface area contributed by atoms with Crippen molar-refractivity contribution in [2.45, 2.75) is 58.2 Å². The third-order valence-electron chi connectivity index (χ3n) is 4.62. The SMILES string of the molecule is CCC1CCCCC1N(C)Cc1cccc(CN)c1. The maximum Gasteiger partial charge on any atom is 0.0233 e.